The second-order valence-corrected chi connectivity index (χ2v) is 6.82. The maximum Gasteiger partial charge on any atom is 0.323 e. The lowest BCUT2D eigenvalue weighted by Gasteiger charge is -2.31. The Morgan fingerprint density at radius 2 is 1.78 bits per heavy atom. The number of nitrogens with one attached hydrogen (secondary N) is 1. The van der Waals surface area contributed by atoms with Crippen LogP contribution in [0.1, 0.15) is 59.3 Å². The molecule has 1 N–H and O–H groups in total. The minimum atomic E-state index is -0.377. The first-order valence-electron chi connectivity index (χ1n) is 7.43. The maximum absolute atomic E-state index is 12.2. The van der Waals surface area contributed by atoms with Crippen LogP contribution in [0.15, 0.2) is 0 Å². The molecule has 0 aromatic carbocycles. The maximum atomic E-state index is 12.2. The van der Waals surface area contributed by atoms with Gasteiger partial charge in [-0.05, 0) is 45.6 Å². The quantitative estimate of drug-likeness (QED) is 0.769. The van der Waals surface area contributed by atoms with E-state index in [1.54, 1.807) is 0 Å². The van der Waals surface area contributed by atoms with E-state index in [0.29, 0.717) is 5.92 Å². The van der Waals surface area contributed by atoms with Gasteiger partial charge in [0, 0.05) is 0 Å². The predicted molar refractivity (Wildman–Crippen MR) is 72.3 cm³/mol. The van der Waals surface area contributed by atoms with Crippen LogP contribution in [0.25, 0.3) is 0 Å². The number of ether oxygens (including phenoxy) is 1. The Morgan fingerprint density at radius 1 is 1.11 bits per heavy atom. The van der Waals surface area contributed by atoms with Gasteiger partial charge in [-0.3, -0.25) is 4.79 Å². The van der Waals surface area contributed by atoms with Gasteiger partial charge in [0.2, 0.25) is 0 Å². The van der Waals surface area contributed by atoms with Gasteiger partial charge >= 0.3 is 5.97 Å². The number of carbonyl (C=O) groups excluding carboxylic acids is 1. The Labute approximate surface area is 111 Å². The van der Waals surface area contributed by atoms with E-state index in [0.717, 1.165) is 18.9 Å². The molecule has 2 atom stereocenters. The smallest absolute Gasteiger partial charge is 0.323 e. The Morgan fingerprint density at radius 3 is 2.39 bits per heavy atom. The fraction of sp³-hybridized carbons (Fsp3) is 0.933. The Balaban J connectivity index is 1.96. The normalized spacial score (nSPS) is 30.4. The fourth-order valence-corrected chi connectivity index (χ4v) is 3.42. The zero-order chi connectivity index (χ0) is 13.2. The number of esters is 1. The molecule has 1 aliphatic heterocycles. The lowest BCUT2D eigenvalue weighted by molar-refractivity contribution is -0.158. The molecule has 1 saturated carbocycles. The minimum absolute atomic E-state index is 0.0458. The summed E-state index contributed by atoms with van der Waals surface area (Å²) >= 11 is 0. The first kappa shape index (κ1) is 13.9. The van der Waals surface area contributed by atoms with Crippen molar-refractivity contribution >= 4 is 5.97 Å². The van der Waals surface area contributed by atoms with Crippen molar-refractivity contribution in [1.29, 1.82) is 0 Å². The molecule has 2 fully saturated rings. The molecule has 3 nitrogen and oxygen atoms in total. The van der Waals surface area contributed by atoms with Crippen LogP contribution < -0.4 is 5.32 Å². The Hall–Kier alpha value is -0.570. The molecule has 104 valence electrons. The van der Waals surface area contributed by atoms with Crippen molar-refractivity contribution in [2.75, 3.05) is 6.54 Å². The zero-order valence-corrected chi connectivity index (χ0v) is 12.0. The third kappa shape index (κ3) is 3.47. The summed E-state index contributed by atoms with van der Waals surface area (Å²) < 4.78 is 5.54. The van der Waals surface area contributed by atoms with Crippen LogP contribution >= 0.6 is 0 Å². The van der Waals surface area contributed by atoms with Gasteiger partial charge in [0.25, 0.3) is 0 Å². The van der Waals surface area contributed by atoms with Gasteiger partial charge in [0.15, 0.2) is 0 Å². The third-order valence-corrected chi connectivity index (χ3v) is 4.19. The van der Waals surface area contributed by atoms with Gasteiger partial charge in [-0.15, -0.1) is 0 Å². The molecule has 0 spiro atoms. The van der Waals surface area contributed by atoms with Crippen molar-refractivity contribution in [3.8, 4) is 0 Å². The van der Waals surface area contributed by atoms with E-state index in [1.165, 1.54) is 32.1 Å². The van der Waals surface area contributed by atoms with Gasteiger partial charge in [-0.1, -0.05) is 32.1 Å². The van der Waals surface area contributed by atoms with Crippen molar-refractivity contribution < 1.29 is 9.53 Å². The first-order valence-corrected chi connectivity index (χ1v) is 7.43. The highest BCUT2D eigenvalue weighted by molar-refractivity contribution is 5.77. The van der Waals surface area contributed by atoms with Crippen molar-refractivity contribution in [3.63, 3.8) is 0 Å². The van der Waals surface area contributed by atoms with Crippen LogP contribution in [-0.4, -0.2) is 24.2 Å². The Kier molecular flexibility index (Phi) is 4.31. The summed E-state index contributed by atoms with van der Waals surface area (Å²) in [5, 5.41) is 3.35. The third-order valence-electron chi connectivity index (χ3n) is 4.19. The molecule has 1 saturated heterocycles. The van der Waals surface area contributed by atoms with Gasteiger partial charge < -0.3 is 10.1 Å². The van der Waals surface area contributed by atoms with E-state index >= 15 is 0 Å². The number of hydrogen-bond donors (Lipinski definition) is 1. The summed E-state index contributed by atoms with van der Waals surface area (Å²) in [6.07, 6.45) is 7.77. The highest BCUT2D eigenvalue weighted by Crippen LogP contribution is 2.36. The molecule has 0 aromatic rings. The summed E-state index contributed by atoms with van der Waals surface area (Å²) in [6, 6.07) is -0.0627. The second-order valence-electron chi connectivity index (χ2n) is 6.82. The highest BCUT2D eigenvalue weighted by atomic mass is 16.6. The SMILES string of the molecule is CC(C)(C)OC(=O)[C@H]1NCC[C@@H]1C1CCCCC1. The second kappa shape index (κ2) is 5.60. The zero-order valence-electron chi connectivity index (χ0n) is 12.0. The first-order chi connectivity index (χ1) is 8.47. The molecule has 3 heteroatoms. The molecule has 18 heavy (non-hydrogen) atoms. The van der Waals surface area contributed by atoms with E-state index in [1.807, 2.05) is 20.8 Å². The molecular weight excluding hydrogens is 226 g/mol. The monoisotopic (exact) mass is 253 g/mol. The lowest BCUT2D eigenvalue weighted by Crippen LogP contribution is -2.43. The van der Waals surface area contributed by atoms with Gasteiger partial charge in [0.05, 0.1) is 0 Å². The van der Waals surface area contributed by atoms with Crippen molar-refractivity contribution in [1.82, 2.24) is 5.32 Å². The van der Waals surface area contributed by atoms with Crippen molar-refractivity contribution in [3.05, 3.63) is 0 Å². The van der Waals surface area contributed by atoms with Gasteiger partial charge in [-0.2, -0.15) is 0 Å². The average molecular weight is 253 g/mol. The van der Waals surface area contributed by atoms with Crippen molar-refractivity contribution in [2.45, 2.75) is 70.9 Å². The molecule has 0 unspecified atom stereocenters. The summed E-state index contributed by atoms with van der Waals surface area (Å²) in [4.78, 5) is 12.2. The molecule has 1 aliphatic carbocycles. The molecular formula is C15H27NO2. The van der Waals surface area contributed by atoms with Crippen LogP contribution in [0.4, 0.5) is 0 Å². The van der Waals surface area contributed by atoms with Gasteiger partial charge in [0.1, 0.15) is 11.6 Å². The van der Waals surface area contributed by atoms with Crippen molar-refractivity contribution in [2.24, 2.45) is 11.8 Å². The van der Waals surface area contributed by atoms with Crippen LogP contribution in [0.2, 0.25) is 0 Å². The predicted octanol–water partition coefficient (Wildman–Crippen LogP) is 2.89. The van der Waals surface area contributed by atoms with Crippen LogP contribution in [0.3, 0.4) is 0 Å². The van der Waals surface area contributed by atoms with Crippen LogP contribution in [0, 0.1) is 11.8 Å². The number of hydrogen-bond acceptors (Lipinski definition) is 3. The van der Waals surface area contributed by atoms with Crippen LogP contribution in [0.5, 0.6) is 0 Å². The molecule has 0 radical (unpaired) electrons. The largest absolute Gasteiger partial charge is 0.459 e. The van der Waals surface area contributed by atoms with E-state index in [-0.39, 0.29) is 17.6 Å². The standard InChI is InChI=1S/C15H27NO2/c1-15(2,3)18-14(17)13-12(9-10-16-13)11-7-5-4-6-8-11/h11-13,16H,4-10H2,1-3H3/t12-,13+/m1/s1. The minimum Gasteiger partial charge on any atom is -0.459 e. The summed E-state index contributed by atoms with van der Waals surface area (Å²) in [5.74, 6) is 1.18. The summed E-state index contributed by atoms with van der Waals surface area (Å²) in [5.41, 5.74) is -0.377. The van der Waals surface area contributed by atoms with E-state index < -0.39 is 0 Å². The lowest BCUT2D eigenvalue weighted by atomic mass is 9.77. The number of rotatable bonds is 2. The molecule has 1 heterocycles. The molecule has 0 amide bonds. The van der Waals surface area contributed by atoms with E-state index in [4.69, 9.17) is 4.74 Å². The molecule has 0 aromatic heterocycles. The fourth-order valence-electron chi connectivity index (χ4n) is 3.42. The average Bonchev–Trinajstić information content (AvgIpc) is 2.76. The van der Waals surface area contributed by atoms with Crippen LogP contribution in [-0.2, 0) is 9.53 Å². The molecule has 2 aliphatic rings. The molecule has 2 rings (SSSR count). The topological polar surface area (TPSA) is 38.3 Å². The Bertz CT molecular complexity index is 289. The molecule has 0 bridgehead atoms. The van der Waals surface area contributed by atoms with E-state index in [9.17, 15) is 4.79 Å². The number of carbonyl (C=O) groups is 1. The summed E-state index contributed by atoms with van der Waals surface area (Å²) in [6.45, 7) is 6.78. The summed E-state index contributed by atoms with van der Waals surface area (Å²) in [7, 11) is 0. The highest BCUT2D eigenvalue weighted by Gasteiger charge is 2.40. The van der Waals surface area contributed by atoms with Gasteiger partial charge in [-0.25, -0.2) is 0 Å². The van der Waals surface area contributed by atoms with E-state index in [2.05, 4.69) is 5.32 Å².